The van der Waals surface area contributed by atoms with Crippen LogP contribution in [0.1, 0.15) is 33.1 Å². The van der Waals surface area contributed by atoms with Gasteiger partial charge in [0.1, 0.15) is 0 Å². The van der Waals surface area contributed by atoms with Gasteiger partial charge in [-0.15, -0.1) is 8.58 Å². The molecule has 0 atom stereocenters. The van der Waals surface area contributed by atoms with Crippen molar-refractivity contribution in [1.29, 1.82) is 0 Å². The van der Waals surface area contributed by atoms with Gasteiger partial charge in [0.15, 0.2) is 0 Å². The van der Waals surface area contributed by atoms with E-state index < -0.39 is 0 Å². The van der Waals surface area contributed by atoms with Gasteiger partial charge in [0.05, 0.1) is 0 Å². The van der Waals surface area contributed by atoms with Crippen LogP contribution in [-0.4, -0.2) is 12.3 Å². The molecule has 0 bridgehead atoms. The molecule has 9 heavy (non-hydrogen) atoms. The molecular weight excluding hydrogens is 127 g/mol. The summed E-state index contributed by atoms with van der Waals surface area (Å²) in [6, 6.07) is 0. The van der Waals surface area contributed by atoms with E-state index in [1.54, 1.807) is 0 Å². The third-order valence-corrected chi connectivity index (χ3v) is 3.87. The molecule has 0 amide bonds. The Morgan fingerprint density at radius 2 is 1.89 bits per heavy atom. The van der Waals surface area contributed by atoms with E-state index in [0.29, 0.717) is 0 Å². The summed E-state index contributed by atoms with van der Waals surface area (Å²) in [5.41, 5.74) is 0.727. The fraction of sp³-hybridized carbons (Fsp3) is 1.00. The second-order valence-corrected chi connectivity index (χ2v) is 4.91. The maximum atomic E-state index is 2.44. The normalized spacial score (nSPS) is 39.3. The Kier molecular flexibility index (Phi) is 2.52. The summed E-state index contributed by atoms with van der Waals surface area (Å²) in [6.45, 7) is 4.77. The Balaban J connectivity index is 2.37. The van der Waals surface area contributed by atoms with Gasteiger partial charge < -0.3 is 0 Å². The Bertz CT molecular complexity index is 82.6. The van der Waals surface area contributed by atoms with E-state index in [-0.39, 0.29) is 0 Å². The van der Waals surface area contributed by atoms with E-state index in [2.05, 4.69) is 13.8 Å². The first-order valence-corrected chi connectivity index (χ1v) is 5.39. The van der Waals surface area contributed by atoms with Crippen molar-refractivity contribution in [3.63, 3.8) is 0 Å². The van der Waals surface area contributed by atoms with Crippen LogP contribution >= 0.6 is 8.58 Å². The monoisotopic (exact) mass is 144 g/mol. The van der Waals surface area contributed by atoms with E-state index >= 15 is 0 Å². The highest BCUT2D eigenvalue weighted by molar-refractivity contribution is 7.38. The minimum atomic E-state index is 0.727. The van der Waals surface area contributed by atoms with Gasteiger partial charge in [-0.1, -0.05) is 20.3 Å². The molecule has 1 aliphatic rings. The lowest BCUT2D eigenvalue weighted by Crippen LogP contribution is -2.20. The van der Waals surface area contributed by atoms with E-state index in [0.717, 1.165) is 5.41 Å². The Morgan fingerprint density at radius 3 is 2.22 bits per heavy atom. The van der Waals surface area contributed by atoms with Gasteiger partial charge in [-0.2, -0.15) is 0 Å². The van der Waals surface area contributed by atoms with E-state index in [4.69, 9.17) is 0 Å². The minimum Gasteiger partial charge on any atom is -0.122 e. The first-order valence-electron chi connectivity index (χ1n) is 3.97. The summed E-state index contributed by atoms with van der Waals surface area (Å²) in [5, 5.41) is 0. The van der Waals surface area contributed by atoms with Crippen LogP contribution in [-0.2, 0) is 0 Å². The Labute approximate surface area is 60.2 Å². The molecule has 0 N–H and O–H groups in total. The van der Waals surface area contributed by atoms with E-state index in [1.165, 1.54) is 40.2 Å². The molecule has 1 heteroatoms. The molecular formula is C8H17P. The lowest BCUT2D eigenvalue weighted by molar-refractivity contribution is 0.283. The lowest BCUT2D eigenvalue weighted by Gasteiger charge is -2.32. The van der Waals surface area contributed by atoms with Gasteiger partial charge in [-0.3, -0.25) is 0 Å². The number of hydrogen-bond acceptors (Lipinski definition) is 0. The SMILES string of the molecule is CCC1(C)CCPCC1. The fourth-order valence-electron chi connectivity index (χ4n) is 1.38. The van der Waals surface area contributed by atoms with Crippen LogP contribution in [0.4, 0.5) is 0 Å². The second kappa shape index (κ2) is 3.01. The van der Waals surface area contributed by atoms with E-state index in [9.17, 15) is 0 Å². The predicted octanol–water partition coefficient (Wildman–Crippen LogP) is 2.88. The summed E-state index contributed by atoms with van der Waals surface area (Å²) < 4.78 is 0. The van der Waals surface area contributed by atoms with Crippen molar-refractivity contribution >= 4 is 8.58 Å². The highest BCUT2D eigenvalue weighted by Crippen LogP contribution is 2.39. The van der Waals surface area contributed by atoms with Crippen molar-refractivity contribution in [2.45, 2.75) is 33.1 Å². The quantitative estimate of drug-likeness (QED) is 0.496. The molecule has 1 heterocycles. The van der Waals surface area contributed by atoms with E-state index in [1.807, 2.05) is 0 Å². The maximum Gasteiger partial charge on any atom is -0.0322 e. The molecule has 1 aliphatic heterocycles. The van der Waals surface area contributed by atoms with Crippen LogP contribution in [0.3, 0.4) is 0 Å². The van der Waals surface area contributed by atoms with Crippen LogP contribution < -0.4 is 0 Å². The van der Waals surface area contributed by atoms with Gasteiger partial charge in [0.25, 0.3) is 0 Å². The van der Waals surface area contributed by atoms with Crippen LogP contribution in [0.5, 0.6) is 0 Å². The largest absolute Gasteiger partial charge is 0.122 e. The Morgan fingerprint density at radius 1 is 1.33 bits per heavy atom. The minimum absolute atomic E-state index is 0.727. The Hall–Kier alpha value is 0.430. The van der Waals surface area contributed by atoms with Crippen molar-refractivity contribution in [3.8, 4) is 0 Å². The average Bonchev–Trinajstić information content (AvgIpc) is 1.90. The predicted molar refractivity (Wildman–Crippen MR) is 45.7 cm³/mol. The first kappa shape index (κ1) is 7.54. The molecule has 0 unspecified atom stereocenters. The van der Waals surface area contributed by atoms with Gasteiger partial charge in [-0.25, -0.2) is 0 Å². The third-order valence-electron chi connectivity index (χ3n) is 2.66. The molecule has 0 saturated carbocycles. The molecule has 0 nitrogen and oxygen atoms in total. The van der Waals surface area contributed by atoms with Crippen LogP contribution in [0.25, 0.3) is 0 Å². The molecule has 1 fully saturated rings. The highest BCUT2D eigenvalue weighted by Gasteiger charge is 2.23. The molecule has 0 radical (unpaired) electrons. The highest BCUT2D eigenvalue weighted by atomic mass is 31.1. The smallest absolute Gasteiger partial charge is 0.0322 e. The molecule has 0 aliphatic carbocycles. The zero-order valence-electron chi connectivity index (χ0n) is 6.54. The third kappa shape index (κ3) is 1.93. The fourth-order valence-corrected chi connectivity index (χ4v) is 3.19. The van der Waals surface area contributed by atoms with Crippen LogP contribution in [0.2, 0.25) is 0 Å². The zero-order chi connectivity index (χ0) is 6.74. The van der Waals surface area contributed by atoms with Crippen molar-refractivity contribution in [2.75, 3.05) is 12.3 Å². The molecule has 1 saturated heterocycles. The maximum absolute atomic E-state index is 2.44. The summed E-state index contributed by atoms with van der Waals surface area (Å²) in [7, 11) is 1.27. The molecule has 0 aromatic heterocycles. The standard InChI is InChI=1S/C8H17P/c1-3-8(2)4-6-9-7-5-8/h9H,3-7H2,1-2H3. The van der Waals surface area contributed by atoms with Crippen molar-refractivity contribution in [3.05, 3.63) is 0 Å². The summed E-state index contributed by atoms with van der Waals surface area (Å²) in [6.07, 6.45) is 7.37. The van der Waals surface area contributed by atoms with Crippen molar-refractivity contribution in [1.82, 2.24) is 0 Å². The second-order valence-electron chi connectivity index (χ2n) is 3.41. The molecule has 0 aromatic rings. The van der Waals surface area contributed by atoms with Crippen LogP contribution in [0, 0.1) is 5.41 Å². The molecule has 0 spiro atoms. The molecule has 1 rings (SSSR count). The first-order chi connectivity index (χ1) is 4.27. The summed E-state index contributed by atoms with van der Waals surface area (Å²) >= 11 is 0. The number of hydrogen-bond donors (Lipinski definition) is 0. The average molecular weight is 144 g/mol. The summed E-state index contributed by atoms with van der Waals surface area (Å²) in [4.78, 5) is 0. The topological polar surface area (TPSA) is 0 Å². The van der Waals surface area contributed by atoms with Gasteiger partial charge >= 0.3 is 0 Å². The van der Waals surface area contributed by atoms with Crippen molar-refractivity contribution < 1.29 is 0 Å². The van der Waals surface area contributed by atoms with Gasteiger partial charge in [0.2, 0.25) is 0 Å². The van der Waals surface area contributed by atoms with Crippen molar-refractivity contribution in [2.24, 2.45) is 5.41 Å². The molecule has 0 aromatic carbocycles. The van der Waals surface area contributed by atoms with Crippen LogP contribution in [0.15, 0.2) is 0 Å². The lowest BCUT2D eigenvalue weighted by atomic mass is 9.82. The van der Waals surface area contributed by atoms with Gasteiger partial charge in [0, 0.05) is 0 Å². The summed E-state index contributed by atoms with van der Waals surface area (Å²) in [5.74, 6) is 0. The van der Waals surface area contributed by atoms with Gasteiger partial charge in [-0.05, 0) is 30.6 Å². The molecule has 54 valence electrons. The zero-order valence-corrected chi connectivity index (χ0v) is 7.54. The number of rotatable bonds is 1.